The van der Waals surface area contributed by atoms with Gasteiger partial charge in [0.1, 0.15) is 0 Å². The van der Waals surface area contributed by atoms with Crippen LogP contribution in [0.4, 0.5) is 13.2 Å². The Hall–Kier alpha value is -2.49. The molecule has 1 amide bonds. The number of hydrogen-bond acceptors (Lipinski definition) is 5. The monoisotopic (exact) mass is 369 g/mol. The average Bonchev–Trinajstić information content (AvgIpc) is 3.21. The van der Waals surface area contributed by atoms with Gasteiger partial charge in [0.2, 0.25) is 5.82 Å². The van der Waals surface area contributed by atoms with Crippen molar-refractivity contribution in [2.45, 2.75) is 32.5 Å². The molecule has 3 aromatic rings. The first-order valence-corrected chi connectivity index (χ1v) is 8.37. The molecule has 0 saturated heterocycles. The SMILES string of the molecule is CC[C@@H](C)NC(=O)c1nc2nc(-c3cccs3)cc(C(F)(F)F)n2n1. The molecule has 3 heterocycles. The summed E-state index contributed by atoms with van der Waals surface area (Å²) >= 11 is 1.26. The number of amides is 1. The molecule has 0 aliphatic heterocycles. The first-order chi connectivity index (χ1) is 11.8. The summed E-state index contributed by atoms with van der Waals surface area (Å²) in [5, 5.41) is 8.07. The van der Waals surface area contributed by atoms with Gasteiger partial charge in [-0.1, -0.05) is 13.0 Å². The number of carbonyl (C=O) groups excluding carboxylic acids is 1. The molecule has 0 aliphatic carbocycles. The Labute approximate surface area is 144 Å². The Morgan fingerprint density at radius 2 is 2.16 bits per heavy atom. The number of nitrogens with one attached hydrogen (secondary N) is 1. The molecule has 132 valence electrons. The number of halogens is 3. The minimum atomic E-state index is -4.66. The van der Waals surface area contributed by atoms with Crippen molar-refractivity contribution in [2.75, 3.05) is 0 Å². The number of alkyl halides is 3. The summed E-state index contributed by atoms with van der Waals surface area (Å²) < 4.78 is 40.8. The molecule has 0 unspecified atom stereocenters. The van der Waals surface area contributed by atoms with Crippen LogP contribution in [0.3, 0.4) is 0 Å². The standard InChI is InChI=1S/C15H14F3N5OS/c1-3-8(2)19-13(24)12-21-14-20-9(10-5-4-6-25-10)7-11(15(16,17)18)23(14)22-12/h4-8H,3H2,1-2H3,(H,19,24)/t8-/m1/s1. The maximum Gasteiger partial charge on any atom is 0.433 e. The predicted octanol–water partition coefficient (Wildman–Crippen LogP) is 3.40. The molecule has 10 heteroatoms. The molecule has 0 aromatic carbocycles. The van der Waals surface area contributed by atoms with Crippen LogP contribution in [0.2, 0.25) is 0 Å². The van der Waals surface area contributed by atoms with Crippen LogP contribution in [-0.2, 0) is 6.18 Å². The molecule has 6 nitrogen and oxygen atoms in total. The Morgan fingerprint density at radius 3 is 2.76 bits per heavy atom. The molecule has 1 N–H and O–H groups in total. The van der Waals surface area contributed by atoms with Crippen LogP contribution < -0.4 is 5.32 Å². The molecule has 25 heavy (non-hydrogen) atoms. The topological polar surface area (TPSA) is 72.2 Å². The highest BCUT2D eigenvalue weighted by Crippen LogP contribution is 2.32. The Bertz CT molecular complexity index is 904. The van der Waals surface area contributed by atoms with Gasteiger partial charge >= 0.3 is 6.18 Å². The molecule has 0 bridgehead atoms. The Kier molecular flexibility index (Phi) is 4.46. The molecule has 0 fully saturated rings. The molecular formula is C15H14F3N5OS. The lowest BCUT2D eigenvalue weighted by molar-refractivity contribution is -0.142. The van der Waals surface area contributed by atoms with Crippen LogP contribution in [0.5, 0.6) is 0 Å². The van der Waals surface area contributed by atoms with Crippen LogP contribution in [0.15, 0.2) is 23.6 Å². The van der Waals surface area contributed by atoms with E-state index in [0.717, 1.165) is 6.07 Å². The average molecular weight is 369 g/mol. The smallest absolute Gasteiger partial charge is 0.347 e. The normalized spacial score (nSPS) is 13.2. The summed E-state index contributed by atoms with van der Waals surface area (Å²) in [5.41, 5.74) is -0.896. The fraction of sp³-hybridized carbons (Fsp3) is 0.333. The van der Waals surface area contributed by atoms with Gasteiger partial charge in [-0.25, -0.2) is 4.98 Å². The zero-order valence-corrected chi connectivity index (χ0v) is 14.1. The second-order valence-corrected chi connectivity index (χ2v) is 6.38. The van der Waals surface area contributed by atoms with E-state index in [9.17, 15) is 18.0 Å². The Balaban J connectivity index is 2.12. The third kappa shape index (κ3) is 3.48. The van der Waals surface area contributed by atoms with Crippen molar-refractivity contribution >= 4 is 23.0 Å². The van der Waals surface area contributed by atoms with Gasteiger partial charge in [0.15, 0.2) is 5.69 Å². The number of rotatable bonds is 4. The van der Waals surface area contributed by atoms with Crippen LogP contribution >= 0.6 is 11.3 Å². The lowest BCUT2D eigenvalue weighted by Crippen LogP contribution is -2.32. The molecule has 0 saturated carbocycles. The first-order valence-electron chi connectivity index (χ1n) is 7.49. The minimum Gasteiger partial charge on any atom is -0.347 e. The number of carbonyl (C=O) groups is 1. The van der Waals surface area contributed by atoms with E-state index in [4.69, 9.17) is 0 Å². The van der Waals surface area contributed by atoms with E-state index in [0.29, 0.717) is 15.8 Å². The fourth-order valence-corrected chi connectivity index (χ4v) is 2.79. The van der Waals surface area contributed by atoms with Crippen LogP contribution in [-0.4, -0.2) is 31.5 Å². The van der Waals surface area contributed by atoms with Gasteiger partial charge in [-0.15, -0.1) is 16.4 Å². The first kappa shape index (κ1) is 17.3. The quantitative estimate of drug-likeness (QED) is 0.765. The highest BCUT2D eigenvalue weighted by Gasteiger charge is 2.36. The molecule has 3 rings (SSSR count). The van der Waals surface area contributed by atoms with E-state index in [-0.39, 0.29) is 23.3 Å². The molecule has 0 radical (unpaired) electrons. The van der Waals surface area contributed by atoms with Crippen LogP contribution in [0, 0.1) is 0 Å². The maximum atomic E-state index is 13.4. The van der Waals surface area contributed by atoms with Crippen LogP contribution in [0.25, 0.3) is 16.3 Å². The molecule has 0 aliphatic rings. The Morgan fingerprint density at radius 1 is 1.40 bits per heavy atom. The fourth-order valence-electron chi connectivity index (χ4n) is 2.11. The van der Waals surface area contributed by atoms with Gasteiger partial charge < -0.3 is 5.32 Å². The third-order valence-electron chi connectivity index (χ3n) is 3.57. The largest absolute Gasteiger partial charge is 0.433 e. The van der Waals surface area contributed by atoms with E-state index in [2.05, 4.69) is 20.4 Å². The van der Waals surface area contributed by atoms with E-state index in [1.165, 1.54) is 11.3 Å². The molecule has 0 spiro atoms. The summed E-state index contributed by atoms with van der Waals surface area (Å²) in [4.78, 5) is 20.7. The predicted molar refractivity (Wildman–Crippen MR) is 86.3 cm³/mol. The summed E-state index contributed by atoms with van der Waals surface area (Å²) in [7, 11) is 0. The third-order valence-corrected chi connectivity index (χ3v) is 4.46. The van der Waals surface area contributed by atoms with Gasteiger partial charge in [-0.05, 0) is 30.9 Å². The second kappa shape index (κ2) is 6.43. The zero-order chi connectivity index (χ0) is 18.2. The minimum absolute atomic E-state index is 0.135. The van der Waals surface area contributed by atoms with Crippen molar-refractivity contribution in [1.82, 2.24) is 24.9 Å². The molecular weight excluding hydrogens is 355 g/mol. The number of nitrogens with zero attached hydrogens (tertiary/aromatic N) is 4. The van der Waals surface area contributed by atoms with Gasteiger partial charge in [-0.3, -0.25) is 4.79 Å². The van der Waals surface area contributed by atoms with Crippen molar-refractivity contribution < 1.29 is 18.0 Å². The number of thiophene rings is 1. The number of fused-ring (bicyclic) bond motifs is 1. The lowest BCUT2D eigenvalue weighted by Gasteiger charge is -2.09. The molecule has 1 atom stereocenters. The van der Waals surface area contributed by atoms with Gasteiger partial charge in [0, 0.05) is 6.04 Å². The van der Waals surface area contributed by atoms with Crippen molar-refractivity contribution in [3.05, 3.63) is 35.1 Å². The summed E-state index contributed by atoms with van der Waals surface area (Å²) in [6, 6.07) is 4.14. The summed E-state index contributed by atoms with van der Waals surface area (Å²) in [6.45, 7) is 3.65. The highest BCUT2D eigenvalue weighted by molar-refractivity contribution is 7.13. The van der Waals surface area contributed by atoms with Crippen LogP contribution in [0.1, 0.15) is 36.6 Å². The summed E-state index contributed by atoms with van der Waals surface area (Å²) in [5.74, 6) is -1.25. The summed E-state index contributed by atoms with van der Waals surface area (Å²) in [6.07, 6.45) is -3.99. The molecule has 3 aromatic heterocycles. The van der Waals surface area contributed by atoms with E-state index in [1.54, 1.807) is 24.4 Å². The second-order valence-electron chi connectivity index (χ2n) is 5.43. The highest BCUT2D eigenvalue weighted by atomic mass is 32.1. The van der Waals surface area contributed by atoms with Gasteiger partial charge in [0.05, 0.1) is 10.6 Å². The van der Waals surface area contributed by atoms with E-state index in [1.807, 2.05) is 6.92 Å². The maximum absolute atomic E-state index is 13.4. The van der Waals surface area contributed by atoms with Crippen molar-refractivity contribution in [3.63, 3.8) is 0 Å². The van der Waals surface area contributed by atoms with Crippen molar-refractivity contribution in [3.8, 4) is 10.6 Å². The zero-order valence-electron chi connectivity index (χ0n) is 13.3. The lowest BCUT2D eigenvalue weighted by atomic mass is 10.2. The van der Waals surface area contributed by atoms with E-state index < -0.39 is 17.8 Å². The van der Waals surface area contributed by atoms with Gasteiger partial charge in [0.25, 0.3) is 11.7 Å². The van der Waals surface area contributed by atoms with Crippen molar-refractivity contribution in [2.24, 2.45) is 0 Å². The number of hydrogen-bond donors (Lipinski definition) is 1. The van der Waals surface area contributed by atoms with Gasteiger partial charge in [-0.2, -0.15) is 22.7 Å². The van der Waals surface area contributed by atoms with Crippen molar-refractivity contribution in [1.29, 1.82) is 0 Å². The van der Waals surface area contributed by atoms with E-state index >= 15 is 0 Å². The number of aromatic nitrogens is 4.